The Hall–Kier alpha value is -4.02. The molecule has 0 aromatic heterocycles. The second-order valence-electron chi connectivity index (χ2n) is 9.75. The van der Waals surface area contributed by atoms with Crippen molar-refractivity contribution in [2.75, 3.05) is 12.0 Å². The molecule has 5 rings (SSSR count). The molecule has 39 heavy (non-hydrogen) atoms. The number of ketones is 1. The summed E-state index contributed by atoms with van der Waals surface area (Å²) in [5.41, 5.74) is -0.0733. The number of hydrogen-bond donors (Lipinski definition) is 3. The average Bonchev–Trinajstić information content (AvgIpc) is 3.39. The number of rotatable bonds is 7. The molecule has 9 nitrogen and oxygen atoms in total. The number of anilines is 1. The van der Waals surface area contributed by atoms with Gasteiger partial charge >= 0.3 is 5.97 Å². The third kappa shape index (κ3) is 4.39. The van der Waals surface area contributed by atoms with Crippen LogP contribution in [0.15, 0.2) is 71.2 Å². The second kappa shape index (κ2) is 9.94. The lowest BCUT2D eigenvalue weighted by molar-refractivity contribution is -0.148. The van der Waals surface area contributed by atoms with Crippen molar-refractivity contribution in [3.8, 4) is 11.5 Å². The number of halogens is 1. The minimum absolute atomic E-state index is 0.0180. The molecule has 2 aliphatic rings. The number of aromatic hydroxyl groups is 1. The molecule has 2 amide bonds. The van der Waals surface area contributed by atoms with Gasteiger partial charge in [0.05, 0.1) is 24.6 Å². The summed E-state index contributed by atoms with van der Waals surface area (Å²) < 4.78 is 6.24. The summed E-state index contributed by atoms with van der Waals surface area (Å²) in [6.45, 7) is 1.41. The third-order valence-electron chi connectivity index (χ3n) is 7.51. The first-order valence-electron chi connectivity index (χ1n) is 12.2. The number of methoxy groups -OCH3 is 1. The molecule has 2 heterocycles. The number of ether oxygens (including phenoxy) is 1. The summed E-state index contributed by atoms with van der Waals surface area (Å²) in [7, 11) is 1.48. The van der Waals surface area contributed by atoms with Gasteiger partial charge in [-0.05, 0) is 67.1 Å². The van der Waals surface area contributed by atoms with Gasteiger partial charge < -0.3 is 14.9 Å². The van der Waals surface area contributed by atoms with Gasteiger partial charge in [-0.15, -0.1) is 0 Å². The molecule has 0 aliphatic carbocycles. The lowest BCUT2D eigenvalue weighted by atomic mass is 9.76. The van der Waals surface area contributed by atoms with Gasteiger partial charge in [-0.3, -0.25) is 24.5 Å². The van der Waals surface area contributed by atoms with Crippen molar-refractivity contribution < 1.29 is 34.1 Å². The van der Waals surface area contributed by atoms with Crippen LogP contribution in [0.25, 0.3) is 0 Å². The summed E-state index contributed by atoms with van der Waals surface area (Å²) in [4.78, 5) is 53.9. The molecule has 3 N–H and O–H groups in total. The fourth-order valence-electron chi connectivity index (χ4n) is 5.69. The monoisotopic (exact) mass is 592 g/mol. The third-order valence-corrected chi connectivity index (χ3v) is 8.01. The number of nitrogens with one attached hydrogen (secondary N) is 1. The quantitative estimate of drug-likeness (QED) is 0.278. The number of phenols is 1. The normalized spacial score (nSPS) is 24.1. The van der Waals surface area contributed by atoms with Crippen LogP contribution in [0.3, 0.4) is 0 Å². The van der Waals surface area contributed by atoms with Crippen LogP contribution < -0.4 is 15.0 Å². The van der Waals surface area contributed by atoms with Crippen molar-refractivity contribution in [3.63, 3.8) is 0 Å². The highest BCUT2D eigenvalue weighted by Gasteiger charge is 2.69. The zero-order chi connectivity index (χ0) is 28.1. The van der Waals surface area contributed by atoms with Gasteiger partial charge in [-0.1, -0.05) is 28.1 Å². The molecule has 4 unspecified atom stereocenters. The van der Waals surface area contributed by atoms with E-state index in [1.165, 1.54) is 50.4 Å². The van der Waals surface area contributed by atoms with Gasteiger partial charge in [0.2, 0.25) is 11.8 Å². The second-order valence-corrected chi connectivity index (χ2v) is 10.7. The molecule has 4 atom stereocenters. The predicted octanol–water partition coefficient (Wildman–Crippen LogP) is 3.88. The number of fused-ring (bicyclic) bond motifs is 1. The number of carbonyl (C=O) groups is 4. The highest BCUT2D eigenvalue weighted by atomic mass is 79.9. The Kier molecular flexibility index (Phi) is 6.77. The number of carboxylic acid groups (broad SMARTS) is 1. The van der Waals surface area contributed by atoms with Crippen molar-refractivity contribution in [1.82, 2.24) is 5.32 Å². The van der Waals surface area contributed by atoms with Gasteiger partial charge in [0.15, 0.2) is 5.78 Å². The van der Waals surface area contributed by atoms with E-state index in [4.69, 9.17) is 4.74 Å². The van der Waals surface area contributed by atoms with Crippen molar-refractivity contribution in [1.29, 1.82) is 0 Å². The first kappa shape index (κ1) is 26.6. The SMILES string of the molecule is COc1ccc(Br)cc1C1NC(Cc2ccc(O)cc2)(C(=O)O)C2C(=O)N(c3ccc(C(C)=O)cc3)C(=O)C12. The average molecular weight is 593 g/mol. The standard InChI is InChI=1S/C29H25BrN2O7/c1-15(33)17-5-8-19(9-6-17)32-26(35)23-24(27(32)36)29(28(37)38,14-16-3-10-20(34)11-4-16)31-25(23)21-13-18(30)7-12-22(21)39-2/h3-13,23-25,31,34H,14H2,1-2H3,(H,37,38). The highest BCUT2D eigenvalue weighted by Crippen LogP contribution is 2.52. The largest absolute Gasteiger partial charge is 0.508 e. The Morgan fingerprint density at radius 2 is 1.69 bits per heavy atom. The fourth-order valence-corrected chi connectivity index (χ4v) is 6.07. The zero-order valence-electron chi connectivity index (χ0n) is 21.1. The lowest BCUT2D eigenvalue weighted by Gasteiger charge is -2.31. The van der Waals surface area contributed by atoms with Crippen LogP contribution >= 0.6 is 15.9 Å². The first-order valence-corrected chi connectivity index (χ1v) is 13.0. The van der Waals surface area contributed by atoms with E-state index in [1.807, 2.05) is 0 Å². The van der Waals surface area contributed by atoms with Crippen LogP contribution in [-0.4, -0.2) is 46.4 Å². The van der Waals surface area contributed by atoms with E-state index in [0.29, 0.717) is 26.9 Å². The van der Waals surface area contributed by atoms with E-state index >= 15 is 0 Å². The first-order chi connectivity index (χ1) is 18.6. The minimum atomic E-state index is -1.85. The Labute approximate surface area is 232 Å². The number of carboxylic acids is 1. The van der Waals surface area contributed by atoms with Gasteiger partial charge in [0.1, 0.15) is 17.0 Å². The maximum Gasteiger partial charge on any atom is 0.325 e. The number of nitrogens with zero attached hydrogens (tertiary/aromatic N) is 1. The van der Waals surface area contributed by atoms with E-state index in [-0.39, 0.29) is 23.6 Å². The van der Waals surface area contributed by atoms with Crippen LogP contribution in [0.1, 0.15) is 34.5 Å². The Morgan fingerprint density at radius 3 is 2.28 bits per heavy atom. The Morgan fingerprint density at radius 1 is 1.03 bits per heavy atom. The maximum atomic E-state index is 14.0. The van der Waals surface area contributed by atoms with E-state index < -0.39 is 41.2 Å². The smallest absolute Gasteiger partial charge is 0.325 e. The van der Waals surface area contributed by atoms with Gasteiger partial charge in [-0.25, -0.2) is 4.90 Å². The number of imide groups is 1. The molecule has 0 spiro atoms. The summed E-state index contributed by atoms with van der Waals surface area (Å²) in [6, 6.07) is 16.5. The van der Waals surface area contributed by atoms with Crippen LogP contribution in [0.2, 0.25) is 0 Å². The molecular weight excluding hydrogens is 568 g/mol. The number of hydrogen-bond acceptors (Lipinski definition) is 7. The predicted molar refractivity (Wildman–Crippen MR) is 145 cm³/mol. The van der Waals surface area contributed by atoms with Crippen molar-refractivity contribution in [2.45, 2.75) is 24.9 Å². The van der Waals surface area contributed by atoms with Crippen LogP contribution in [-0.2, 0) is 20.8 Å². The van der Waals surface area contributed by atoms with Crippen LogP contribution in [0.4, 0.5) is 5.69 Å². The van der Waals surface area contributed by atoms with Gasteiger partial charge in [0.25, 0.3) is 0 Å². The molecule has 200 valence electrons. The van der Waals surface area contributed by atoms with Gasteiger partial charge in [-0.2, -0.15) is 0 Å². The van der Waals surface area contributed by atoms with E-state index in [2.05, 4.69) is 21.2 Å². The molecule has 3 aromatic rings. The van der Waals surface area contributed by atoms with Gasteiger partial charge in [0, 0.05) is 28.1 Å². The minimum Gasteiger partial charge on any atom is -0.508 e. The van der Waals surface area contributed by atoms with E-state index in [0.717, 1.165) is 4.90 Å². The summed E-state index contributed by atoms with van der Waals surface area (Å²) in [5.74, 6) is -4.49. The van der Waals surface area contributed by atoms with Crippen molar-refractivity contribution >= 4 is 45.2 Å². The molecule has 3 aromatic carbocycles. The van der Waals surface area contributed by atoms with E-state index in [1.54, 1.807) is 30.3 Å². The van der Waals surface area contributed by atoms with Crippen LogP contribution in [0, 0.1) is 11.8 Å². The Balaban J connectivity index is 1.67. The number of phenolic OH excluding ortho intramolecular Hbond substituents is 1. The molecule has 2 aliphatic heterocycles. The van der Waals surface area contributed by atoms with Crippen LogP contribution in [0.5, 0.6) is 11.5 Å². The highest BCUT2D eigenvalue weighted by molar-refractivity contribution is 9.10. The number of benzene rings is 3. The lowest BCUT2D eigenvalue weighted by Crippen LogP contribution is -2.57. The summed E-state index contributed by atoms with van der Waals surface area (Å²) in [6.07, 6.45) is -0.118. The number of Topliss-reactive ketones (excluding diaryl/α,β-unsaturated/α-hetero) is 1. The van der Waals surface area contributed by atoms with Crippen molar-refractivity contribution in [3.05, 3.63) is 87.9 Å². The summed E-state index contributed by atoms with van der Waals surface area (Å²) >= 11 is 3.44. The number of carbonyl (C=O) groups excluding carboxylic acids is 3. The fraction of sp³-hybridized carbons (Fsp3) is 0.241. The molecular formula is C29H25BrN2O7. The molecule has 2 saturated heterocycles. The topological polar surface area (TPSA) is 133 Å². The number of aliphatic carboxylic acids is 1. The molecule has 2 fully saturated rings. The van der Waals surface area contributed by atoms with E-state index in [9.17, 15) is 29.4 Å². The summed E-state index contributed by atoms with van der Waals surface area (Å²) in [5, 5.41) is 23.6. The molecule has 0 bridgehead atoms. The van der Waals surface area contributed by atoms with Crippen molar-refractivity contribution in [2.24, 2.45) is 11.8 Å². The molecule has 0 radical (unpaired) electrons. The maximum absolute atomic E-state index is 14.0. The zero-order valence-corrected chi connectivity index (χ0v) is 22.6. The number of amides is 2. The molecule has 0 saturated carbocycles. The Bertz CT molecular complexity index is 1490. The molecule has 10 heteroatoms.